The van der Waals surface area contributed by atoms with E-state index in [1.54, 1.807) is 24.3 Å². The number of rotatable bonds is 2. The average molecular weight is 428 g/mol. The van der Waals surface area contributed by atoms with Crippen molar-refractivity contribution in [1.29, 1.82) is 0 Å². The van der Waals surface area contributed by atoms with Gasteiger partial charge in [0, 0.05) is 0 Å². The molecule has 4 rings (SSSR count). The highest BCUT2D eigenvalue weighted by molar-refractivity contribution is 5.35. The molecule has 0 saturated carbocycles. The van der Waals surface area contributed by atoms with Gasteiger partial charge in [0.1, 0.15) is 11.6 Å². The molecule has 2 aromatic carbocycles. The molecule has 2 aromatic rings. The van der Waals surface area contributed by atoms with Crippen LogP contribution < -0.4 is 0 Å². The van der Waals surface area contributed by atoms with Gasteiger partial charge in [0.15, 0.2) is 0 Å². The van der Waals surface area contributed by atoms with Crippen molar-refractivity contribution in [1.82, 2.24) is 0 Å². The minimum Gasteiger partial charge on any atom is -0.207 e. The topological polar surface area (TPSA) is 68.3 Å². The Morgan fingerprint density at radius 1 is 0.903 bits per heavy atom. The maximum absolute atomic E-state index is 13.0. The van der Waals surface area contributed by atoms with Crippen LogP contribution in [0, 0.1) is 23.0 Å². The second-order valence-electron chi connectivity index (χ2n) is 8.16. The quantitative estimate of drug-likeness (QED) is 0.638. The zero-order chi connectivity index (χ0) is 23.4. The maximum Gasteiger partial charge on any atom is 0.373 e. The van der Waals surface area contributed by atoms with Gasteiger partial charge in [-0.1, -0.05) is 32.1 Å². The first kappa shape index (κ1) is 25.8. The first-order chi connectivity index (χ1) is 14.7. The molecule has 0 amide bonds. The van der Waals surface area contributed by atoms with Gasteiger partial charge in [-0.25, -0.2) is 8.78 Å². The van der Waals surface area contributed by atoms with Crippen LogP contribution in [0.25, 0.3) is 0 Å². The molecule has 6 heteroatoms. The van der Waals surface area contributed by atoms with E-state index in [1.807, 2.05) is 18.2 Å². The molecule has 0 bridgehead atoms. The molecule has 0 radical (unpaired) electrons. The van der Waals surface area contributed by atoms with Gasteiger partial charge in [-0.05, 0) is 90.0 Å². The summed E-state index contributed by atoms with van der Waals surface area (Å²) in [4.78, 5) is 32.5. The van der Waals surface area contributed by atoms with Crippen molar-refractivity contribution >= 4 is 12.3 Å². The Labute approximate surface area is 181 Å². The zero-order valence-electron chi connectivity index (χ0n) is 17.8. The van der Waals surface area contributed by atoms with Crippen molar-refractivity contribution in [3.8, 4) is 0 Å². The van der Waals surface area contributed by atoms with Gasteiger partial charge >= 0.3 is 12.3 Å². The summed E-state index contributed by atoms with van der Waals surface area (Å²) in [6.07, 6.45) is 7.66. The lowest BCUT2D eigenvalue weighted by atomic mass is 9.84. The van der Waals surface area contributed by atoms with Gasteiger partial charge in [0.25, 0.3) is 0 Å². The normalized spacial score (nSPS) is 19.4. The fourth-order valence-corrected chi connectivity index (χ4v) is 4.21. The average Bonchev–Trinajstić information content (AvgIpc) is 3.21. The first-order valence-corrected chi connectivity index (χ1v) is 9.86. The lowest BCUT2D eigenvalue weighted by Crippen LogP contribution is -2.14. The molecular weight excluding hydrogens is 402 g/mol. The summed E-state index contributed by atoms with van der Waals surface area (Å²) in [5, 5.41) is 0. The number of halogens is 2. The second-order valence-corrected chi connectivity index (χ2v) is 8.16. The molecule has 2 atom stereocenters. The minimum atomic E-state index is -0.119. The molecule has 0 heterocycles. The van der Waals surface area contributed by atoms with Gasteiger partial charge in [-0.15, -0.1) is 6.58 Å². The van der Waals surface area contributed by atoms with Gasteiger partial charge in [0.2, 0.25) is 0 Å². The molecule has 2 aliphatic carbocycles. The Morgan fingerprint density at radius 2 is 1.35 bits per heavy atom. The van der Waals surface area contributed by atoms with E-state index in [4.69, 9.17) is 19.2 Å². The Balaban J connectivity index is 0.000000252. The highest BCUT2D eigenvalue weighted by Crippen LogP contribution is 2.39. The third-order valence-corrected chi connectivity index (χ3v) is 5.34. The predicted octanol–water partition coefficient (Wildman–Crippen LogP) is 4.90. The molecule has 0 aromatic heterocycles. The highest BCUT2D eigenvalue weighted by atomic mass is 19.1. The lowest BCUT2D eigenvalue weighted by Gasteiger charge is -2.20. The summed E-state index contributed by atoms with van der Waals surface area (Å²) < 4.78 is 25.7. The molecule has 0 aliphatic heterocycles. The van der Waals surface area contributed by atoms with Crippen molar-refractivity contribution in [2.75, 3.05) is 0 Å². The number of benzene rings is 2. The number of hydrogen-bond acceptors (Lipinski definition) is 4. The van der Waals surface area contributed by atoms with Crippen LogP contribution in [0.1, 0.15) is 42.5 Å². The fraction of sp³-hybridized carbons (Fsp3) is 0.360. The summed E-state index contributed by atoms with van der Waals surface area (Å²) >= 11 is 0. The molecule has 2 unspecified atom stereocenters. The summed E-state index contributed by atoms with van der Waals surface area (Å²) in [7, 11) is 0. The van der Waals surface area contributed by atoms with Crippen LogP contribution in [0.5, 0.6) is 0 Å². The molecule has 0 fully saturated rings. The largest absolute Gasteiger partial charge is 0.373 e. The van der Waals surface area contributed by atoms with Crippen LogP contribution in [-0.4, -0.2) is 12.3 Å². The smallest absolute Gasteiger partial charge is 0.207 e. The maximum atomic E-state index is 13.0. The van der Waals surface area contributed by atoms with Crippen LogP contribution in [0.2, 0.25) is 0 Å². The van der Waals surface area contributed by atoms with E-state index >= 15 is 0 Å². The van der Waals surface area contributed by atoms with Gasteiger partial charge in [-0.3, -0.25) is 0 Å². The molecule has 0 spiro atoms. The third-order valence-electron chi connectivity index (χ3n) is 5.34. The Hall–Kier alpha value is -3.20. The van der Waals surface area contributed by atoms with Crippen molar-refractivity contribution < 1.29 is 28.0 Å². The molecular formula is C25H26F2O4. The van der Waals surface area contributed by atoms with Crippen LogP contribution in [-0.2, 0) is 44.9 Å². The van der Waals surface area contributed by atoms with Crippen LogP contribution in [0.3, 0.4) is 0 Å². The predicted molar refractivity (Wildman–Crippen MR) is 110 cm³/mol. The molecule has 31 heavy (non-hydrogen) atoms. The SMILES string of the molecule is C=CCC1(C)Cc2ccc(F)cc2C1.CC1Cc2ccc(F)cc2C1.O=C=O.O=C=O. The number of hydrogen-bond donors (Lipinski definition) is 0. The zero-order valence-corrected chi connectivity index (χ0v) is 17.8. The standard InChI is InChI=1S/C13H15F.C10H11F.2CO2/c1-3-6-13(2)8-10-4-5-12(14)7-11(10)9-13;1-7-4-8-2-3-10(11)6-9(8)5-7;2*2-1-3/h3-5,7H,1,6,8-9H2,2H3;2-3,6-7H,4-5H2,1H3;;. The van der Waals surface area contributed by atoms with E-state index in [0.29, 0.717) is 5.92 Å². The van der Waals surface area contributed by atoms with Crippen LogP contribution in [0.4, 0.5) is 8.78 Å². The van der Waals surface area contributed by atoms with Crippen molar-refractivity contribution in [2.24, 2.45) is 11.3 Å². The van der Waals surface area contributed by atoms with Crippen molar-refractivity contribution in [3.63, 3.8) is 0 Å². The van der Waals surface area contributed by atoms with Gasteiger partial charge in [-0.2, -0.15) is 19.2 Å². The van der Waals surface area contributed by atoms with Gasteiger partial charge in [0.05, 0.1) is 0 Å². The Bertz CT molecular complexity index is 946. The number of allylic oxidation sites excluding steroid dienone is 1. The van der Waals surface area contributed by atoms with E-state index in [2.05, 4.69) is 20.4 Å². The van der Waals surface area contributed by atoms with E-state index in [-0.39, 0.29) is 29.4 Å². The van der Waals surface area contributed by atoms with Crippen LogP contribution in [0.15, 0.2) is 49.1 Å². The Morgan fingerprint density at radius 3 is 1.90 bits per heavy atom. The summed E-state index contributed by atoms with van der Waals surface area (Å²) in [6.45, 7) is 8.22. The number of carbonyl (C=O) groups excluding carboxylic acids is 4. The second kappa shape index (κ2) is 12.5. The molecule has 0 saturated heterocycles. The minimum absolute atomic E-state index is 0.0992. The van der Waals surface area contributed by atoms with Crippen molar-refractivity contribution in [3.05, 3.63) is 82.9 Å². The molecule has 0 N–H and O–H groups in total. The third kappa shape index (κ3) is 8.21. The monoisotopic (exact) mass is 428 g/mol. The summed E-state index contributed by atoms with van der Waals surface area (Å²) in [6, 6.07) is 10.3. The summed E-state index contributed by atoms with van der Waals surface area (Å²) in [5.41, 5.74) is 5.28. The fourth-order valence-electron chi connectivity index (χ4n) is 4.21. The van der Waals surface area contributed by atoms with E-state index in [0.717, 1.165) is 32.1 Å². The number of fused-ring (bicyclic) bond motifs is 2. The Kier molecular flexibility index (Phi) is 10.4. The highest BCUT2D eigenvalue weighted by Gasteiger charge is 2.31. The van der Waals surface area contributed by atoms with E-state index in [9.17, 15) is 8.78 Å². The van der Waals surface area contributed by atoms with Crippen molar-refractivity contribution in [2.45, 2.75) is 46.0 Å². The molecule has 164 valence electrons. The summed E-state index contributed by atoms with van der Waals surface area (Å²) in [5.74, 6) is 0.483. The molecule has 2 aliphatic rings. The van der Waals surface area contributed by atoms with Gasteiger partial charge < -0.3 is 0 Å². The van der Waals surface area contributed by atoms with E-state index in [1.165, 1.54) is 22.3 Å². The first-order valence-electron chi connectivity index (χ1n) is 9.86. The lowest BCUT2D eigenvalue weighted by molar-refractivity contribution is -0.193. The van der Waals surface area contributed by atoms with Crippen LogP contribution >= 0.6 is 0 Å². The molecule has 4 nitrogen and oxygen atoms in total. The van der Waals surface area contributed by atoms with E-state index < -0.39 is 0 Å².